The molecule has 0 aliphatic rings. The second kappa shape index (κ2) is 7.00. The number of carbonyl (C=O) groups is 1. The summed E-state index contributed by atoms with van der Waals surface area (Å²) in [6.45, 7) is -2.26. The quantitative estimate of drug-likeness (QED) is 0.740. The van der Waals surface area contributed by atoms with Gasteiger partial charge < -0.3 is 9.88 Å². The number of alkyl halides is 2. The highest BCUT2D eigenvalue weighted by molar-refractivity contribution is 6.31. The van der Waals surface area contributed by atoms with E-state index in [2.05, 4.69) is 10.3 Å². The van der Waals surface area contributed by atoms with Crippen molar-refractivity contribution in [3.05, 3.63) is 53.7 Å². The number of amides is 1. The van der Waals surface area contributed by atoms with Gasteiger partial charge in [-0.1, -0.05) is 17.7 Å². The molecule has 126 valence electrons. The Labute approximate surface area is 141 Å². The van der Waals surface area contributed by atoms with Gasteiger partial charge in [-0.3, -0.25) is 9.36 Å². The molecule has 1 N–H and O–H groups in total. The molecule has 0 unspecified atom stereocenters. The summed E-state index contributed by atoms with van der Waals surface area (Å²) in [6, 6.07) is 7.37. The van der Waals surface area contributed by atoms with Crippen molar-refractivity contribution in [1.82, 2.24) is 19.4 Å². The van der Waals surface area contributed by atoms with Crippen molar-refractivity contribution in [1.29, 1.82) is 0 Å². The van der Waals surface area contributed by atoms with E-state index in [1.165, 1.54) is 12.4 Å². The Balaban J connectivity index is 1.57. The zero-order valence-electron chi connectivity index (χ0n) is 12.6. The van der Waals surface area contributed by atoms with E-state index in [0.29, 0.717) is 5.02 Å². The molecule has 0 aliphatic carbocycles. The Hall–Kier alpha value is -2.41. The first-order chi connectivity index (χ1) is 11.5. The maximum absolute atomic E-state index is 12.7. The van der Waals surface area contributed by atoms with Gasteiger partial charge in [0.25, 0.3) is 0 Å². The number of halogens is 3. The number of nitrogens with one attached hydrogen (secondary N) is 1. The molecule has 0 aliphatic heterocycles. The van der Waals surface area contributed by atoms with Crippen LogP contribution in [0.5, 0.6) is 0 Å². The van der Waals surface area contributed by atoms with E-state index in [9.17, 15) is 13.6 Å². The zero-order chi connectivity index (χ0) is 17.1. The van der Waals surface area contributed by atoms with Gasteiger partial charge in [0.15, 0.2) is 0 Å². The fourth-order valence-electron chi connectivity index (χ4n) is 2.53. The van der Waals surface area contributed by atoms with Crippen molar-refractivity contribution in [3.63, 3.8) is 0 Å². The Morgan fingerprint density at radius 2 is 2.12 bits per heavy atom. The lowest BCUT2D eigenvalue weighted by atomic mass is 10.2. The van der Waals surface area contributed by atoms with E-state index in [1.807, 2.05) is 18.3 Å². The first-order valence-corrected chi connectivity index (χ1v) is 7.73. The molecule has 1 amide bonds. The average molecular weight is 353 g/mol. The monoisotopic (exact) mass is 352 g/mol. The number of rotatable bonds is 6. The minimum absolute atomic E-state index is 0.132. The molecule has 3 rings (SSSR count). The Bertz CT molecular complexity index is 859. The van der Waals surface area contributed by atoms with Crippen molar-refractivity contribution < 1.29 is 13.6 Å². The third kappa shape index (κ3) is 3.56. The molecule has 0 spiro atoms. The van der Waals surface area contributed by atoms with Gasteiger partial charge in [-0.2, -0.15) is 8.78 Å². The Morgan fingerprint density at radius 3 is 2.92 bits per heavy atom. The number of benzene rings is 1. The molecule has 1 aromatic carbocycles. The van der Waals surface area contributed by atoms with Crippen LogP contribution in [0.15, 0.2) is 42.9 Å². The molecule has 2 heterocycles. The van der Waals surface area contributed by atoms with Gasteiger partial charge >= 0.3 is 6.55 Å². The van der Waals surface area contributed by atoms with E-state index in [0.717, 1.165) is 15.5 Å². The van der Waals surface area contributed by atoms with E-state index in [4.69, 9.17) is 11.6 Å². The summed E-state index contributed by atoms with van der Waals surface area (Å²) in [5, 5.41) is 4.30. The highest BCUT2D eigenvalue weighted by atomic mass is 35.5. The van der Waals surface area contributed by atoms with Gasteiger partial charge in [-0.05, 0) is 23.6 Å². The standard InChI is InChI=1S/C16H15ClF2N4O/c17-12-2-1-11-4-7-22(13(11)9-12)10-15(24)21-5-3-14-20-6-8-23(14)16(18)19/h1-2,4,6-9,16H,3,5,10H2,(H,21,24). The van der Waals surface area contributed by atoms with Crippen LogP contribution in [-0.2, 0) is 17.8 Å². The van der Waals surface area contributed by atoms with Crippen molar-refractivity contribution in [2.24, 2.45) is 0 Å². The van der Waals surface area contributed by atoms with Crippen LogP contribution in [0.1, 0.15) is 12.4 Å². The third-order valence-electron chi connectivity index (χ3n) is 3.68. The van der Waals surface area contributed by atoms with Gasteiger partial charge in [0.05, 0.1) is 0 Å². The van der Waals surface area contributed by atoms with E-state index < -0.39 is 6.55 Å². The maximum Gasteiger partial charge on any atom is 0.319 e. The lowest BCUT2D eigenvalue weighted by molar-refractivity contribution is -0.121. The molecule has 0 atom stereocenters. The molecule has 24 heavy (non-hydrogen) atoms. The summed E-state index contributed by atoms with van der Waals surface area (Å²) in [4.78, 5) is 15.9. The summed E-state index contributed by atoms with van der Waals surface area (Å²) in [5.41, 5.74) is 0.867. The molecular formula is C16H15ClF2N4O. The number of hydrogen-bond donors (Lipinski definition) is 1. The van der Waals surface area contributed by atoms with Crippen LogP contribution in [0, 0.1) is 0 Å². The van der Waals surface area contributed by atoms with Gasteiger partial charge in [-0.15, -0.1) is 0 Å². The Morgan fingerprint density at radius 1 is 1.29 bits per heavy atom. The fourth-order valence-corrected chi connectivity index (χ4v) is 2.70. The number of aromatic nitrogens is 3. The zero-order valence-corrected chi connectivity index (χ0v) is 13.4. The average Bonchev–Trinajstić information content (AvgIpc) is 3.15. The minimum atomic E-state index is -2.63. The third-order valence-corrected chi connectivity index (χ3v) is 3.91. The van der Waals surface area contributed by atoms with Crippen LogP contribution in [0.25, 0.3) is 10.9 Å². The Kier molecular flexibility index (Phi) is 4.80. The summed E-state index contributed by atoms with van der Waals surface area (Å²) in [5.74, 6) is 0.0334. The predicted molar refractivity (Wildman–Crippen MR) is 87.1 cm³/mol. The van der Waals surface area contributed by atoms with E-state index in [1.54, 1.807) is 16.7 Å². The molecule has 0 saturated heterocycles. The summed E-state index contributed by atoms with van der Waals surface area (Å²) >= 11 is 5.98. The van der Waals surface area contributed by atoms with Crippen molar-refractivity contribution >= 4 is 28.4 Å². The molecule has 5 nitrogen and oxygen atoms in total. The van der Waals surface area contributed by atoms with Crippen LogP contribution in [0.2, 0.25) is 5.02 Å². The largest absolute Gasteiger partial charge is 0.354 e. The molecule has 3 aromatic rings. The highest BCUT2D eigenvalue weighted by Gasteiger charge is 2.12. The van der Waals surface area contributed by atoms with Gasteiger partial charge in [-0.25, -0.2) is 4.98 Å². The number of fused-ring (bicyclic) bond motifs is 1. The molecule has 0 bridgehead atoms. The van der Waals surface area contributed by atoms with E-state index in [-0.39, 0.29) is 31.2 Å². The highest BCUT2D eigenvalue weighted by Crippen LogP contribution is 2.20. The lowest BCUT2D eigenvalue weighted by Crippen LogP contribution is -2.29. The summed E-state index contributed by atoms with van der Waals surface area (Å²) in [7, 11) is 0. The summed E-state index contributed by atoms with van der Waals surface area (Å²) < 4.78 is 28.0. The molecule has 2 aromatic heterocycles. The maximum atomic E-state index is 12.7. The van der Waals surface area contributed by atoms with Crippen LogP contribution in [0.4, 0.5) is 8.78 Å². The lowest BCUT2D eigenvalue weighted by Gasteiger charge is -2.09. The number of nitrogens with zero attached hydrogens (tertiary/aromatic N) is 3. The summed E-state index contributed by atoms with van der Waals surface area (Å²) in [6.07, 6.45) is 4.59. The second-order valence-electron chi connectivity index (χ2n) is 5.28. The fraction of sp³-hybridized carbons (Fsp3) is 0.250. The van der Waals surface area contributed by atoms with Crippen molar-refractivity contribution in [2.75, 3.05) is 6.54 Å². The number of hydrogen-bond acceptors (Lipinski definition) is 2. The van der Waals surface area contributed by atoms with Gasteiger partial charge in [0.2, 0.25) is 5.91 Å². The van der Waals surface area contributed by atoms with Crippen molar-refractivity contribution in [3.8, 4) is 0 Å². The molecule has 0 saturated carbocycles. The predicted octanol–water partition coefficient (Wildman–Crippen LogP) is 3.25. The molecular weight excluding hydrogens is 338 g/mol. The second-order valence-corrected chi connectivity index (χ2v) is 5.71. The molecule has 0 fully saturated rings. The minimum Gasteiger partial charge on any atom is -0.354 e. The molecule has 8 heteroatoms. The van der Waals surface area contributed by atoms with Crippen molar-refractivity contribution in [2.45, 2.75) is 19.5 Å². The van der Waals surface area contributed by atoms with Crippen LogP contribution in [-0.4, -0.2) is 26.6 Å². The van der Waals surface area contributed by atoms with Crippen LogP contribution >= 0.6 is 11.6 Å². The normalized spacial score (nSPS) is 11.3. The number of carbonyl (C=O) groups excluding carboxylic acids is 1. The first-order valence-electron chi connectivity index (χ1n) is 7.35. The SMILES string of the molecule is O=C(Cn1ccc2ccc(Cl)cc21)NCCc1nccn1C(F)F. The number of imidazole rings is 1. The topological polar surface area (TPSA) is 51.9 Å². The van der Waals surface area contributed by atoms with Gasteiger partial charge in [0, 0.05) is 42.1 Å². The van der Waals surface area contributed by atoms with E-state index >= 15 is 0 Å². The van der Waals surface area contributed by atoms with Crippen LogP contribution in [0.3, 0.4) is 0 Å². The van der Waals surface area contributed by atoms with Gasteiger partial charge in [0.1, 0.15) is 12.4 Å². The molecule has 0 radical (unpaired) electrons. The first kappa shape index (κ1) is 16.4. The smallest absolute Gasteiger partial charge is 0.319 e. The van der Waals surface area contributed by atoms with Crippen LogP contribution < -0.4 is 5.32 Å².